The monoisotopic (exact) mass is 339 g/mol. The third-order valence-electron chi connectivity index (χ3n) is 5.48. The lowest BCUT2D eigenvalue weighted by Crippen LogP contribution is -2.52. The van der Waals surface area contributed by atoms with E-state index in [1.807, 2.05) is 4.90 Å². The van der Waals surface area contributed by atoms with Gasteiger partial charge in [0.15, 0.2) is 5.79 Å². The maximum Gasteiger partial charge on any atom is 0.321 e. The molecule has 0 aromatic heterocycles. The van der Waals surface area contributed by atoms with Gasteiger partial charge < -0.3 is 14.8 Å². The lowest BCUT2D eigenvalue weighted by Gasteiger charge is -2.37. The molecule has 3 amide bonds. The van der Waals surface area contributed by atoms with E-state index in [0.717, 1.165) is 45.2 Å². The molecule has 7 nitrogen and oxygen atoms in total. The molecule has 1 spiro atoms. The van der Waals surface area contributed by atoms with Crippen LogP contribution in [0, 0.1) is 5.92 Å². The molecule has 3 aliphatic rings. The Hall–Kier alpha value is -1.18. The van der Waals surface area contributed by atoms with Crippen LogP contribution in [0.1, 0.15) is 45.4 Å². The van der Waals surface area contributed by atoms with Gasteiger partial charge in [0, 0.05) is 32.0 Å². The van der Waals surface area contributed by atoms with Crippen LogP contribution in [0.2, 0.25) is 0 Å². The molecule has 136 valence electrons. The number of ether oxygens (including phenoxy) is 2. The molecule has 1 aliphatic carbocycles. The first-order valence-electron chi connectivity index (χ1n) is 9.17. The summed E-state index contributed by atoms with van der Waals surface area (Å²) >= 11 is 0. The van der Waals surface area contributed by atoms with Gasteiger partial charge in [0.1, 0.15) is 0 Å². The van der Waals surface area contributed by atoms with Gasteiger partial charge in [0.05, 0.1) is 19.8 Å². The van der Waals surface area contributed by atoms with Crippen molar-refractivity contribution in [3.63, 3.8) is 0 Å². The van der Waals surface area contributed by atoms with E-state index in [4.69, 9.17) is 9.47 Å². The van der Waals surface area contributed by atoms with E-state index in [-0.39, 0.29) is 24.5 Å². The third kappa shape index (κ3) is 4.46. The van der Waals surface area contributed by atoms with Crippen LogP contribution >= 0.6 is 0 Å². The average Bonchev–Trinajstić information content (AvgIpc) is 3.00. The van der Waals surface area contributed by atoms with Crippen molar-refractivity contribution in [2.45, 2.75) is 57.3 Å². The number of likely N-dealkylation sites (tertiary alicyclic amines) is 1. The molecule has 0 radical (unpaired) electrons. The molecule has 1 saturated carbocycles. The second-order valence-corrected chi connectivity index (χ2v) is 7.27. The minimum Gasteiger partial charge on any atom is -0.347 e. The summed E-state index contributed by atoms with van der Waals surface area (Å²) < 4.78 is 11.4. The van der Waals surface area contributed by atoms with Gasteiger partial charge in [-0.3, -0.25) is 15.0 Å². The largest absolute Gasteiger partial charge is 0.347 e. The molecular formula is C17H29N3O4. The number of urea groups is 1. The van der Waals surface area contributed by atoms with Crippen LogP contribution < -0.4 is 10.6 Å². The van der Waals surface area contributed by atoms with Crippen molar-refractivity contribution in [1.29, 1.82) is 0 Å². The fourth-order valence-corrected chi connectivity index (χ4v) is 3.94. The average molecular weight is 339 g/mol. The Balaban J connectivity index is 1.37. The Morgan fingerprint density at radius 3 is 2.46 bits per heavy atom. The quantitative estimate of drug-likeness (QED) is 0.808. The maximum absolute atomic E-state index is 12.1. The highest BCUT2D eigenvalue weighted by Gasteiger charge is 2.40. The molecule has 2 heterocycles. The molecule has 2 N–H and O–H groups in total. The highest BCUT2D eigenvalue weighted by Crippen LogP contribution is 2.31. The molecule has 0 aromatic carbocycles. The highest BCUT2D eigenvalue weighted by molar-refractivity contribution is 5.95. The van der Waals surface area contributed by atoms with Gasteiger partial charge in [-0.15, -0.1) is 0 Å². The standard InChI is InChI=1S/C17H29N3O4/c1-13-4-2-3-5-14(13)18-16(22)19-15(21)12-20-8-6-17(7-9-20)23-10-11-24-17/h13-14H,2-12H2,1H3,(H2,18,19,21,22)/t13-,14-/m0/s1. The number of carbonyl (C=O) groups excluding carboxylic acids is 2. The number of nitrogens with zero attached hydrogens (tertiary/aromatic N) is 1. The van der Waals surface area contributed by atoms with E-state index in [9.17, 15) is 9.59 Å². The van der Waals surface area contributed by atoms with Crippen LogP contribution in [0.4, 0.5) is 4.79 Å². The number of hydrogen-bond acceptors (Lipinski definition) is 5. The van der Waals surface area contributed by atoms with Crippen molar-refractivity contribution in [3.05, 3.63) is 0 Å². The Labute approximate surface area is 143 Å². The lowest BCUT2D eigenvalue weighted by atomic mass is 9.86. The van der Waals surface area contributed by atoms with Crippen LogP contribution in [0.3, 0.4) is 0 Å². The first-order valence-corrected chi connectivity index (χ1v) is 9.17. The first kappa shape index (κ1) is 17.6. The molecular weight excluding hydrogens is 310 g/mol. The van der Waals surface area contributed by atoms with Crippen molar-refractivity contribution in [2.75, 3.05) is 32.8 Å². The zero-order chi connectivity index (χ0) is 17.0. The predicted molar refractivity (Wildman–Crippen MR) is 88.4 cm³/mol. The summed E-state index contributed by atoms with van der Waals surface area (Å²) in [6.45, 7) is 5.19. The van der Waals surface area contributed by atoms with Gasteiger partial charge in [0.2, 0.25) is 5.91 Å². The van der Waals surface area contributed by atoms with Crippen LogP contribution in [0.25, 0.3) is 0 Å². The van der Waals surface area contributed by atoms with Crippen molar-refractivity contribution < 1.29 is 19.1 Å². The van der Waals surface area contributed by atoms with Crippen LogP contribution in [-0.2, 0) is 14.3 Å². The Morgan fingerprint density at radius 2 is 1.79 bits per heavy atom. The van der Waals surface area contributed by atoms with E-state index >= 15 is 0 Å². The summed E-state index contributed by atoms with van der Waals surface area (Å²) in [5.41, 5.74) is 0. The van der Waals surface area contributed by atoms with E-state index in [1.54, 1.807) is 0 Å². The smallest absolute Gasteiger partial charge is 0.321 e. The second kappa shape index (κ2) is 7.80. The normalized spacial score (nSPS) is 30.2. The Morgan fingerprint density at radius 1 is 1.12 bits per heavy atom. The summed E-state index contributed by atoms with van der Waals surface area (Å²) in [5, 5.41) is 5.41. The summed E-state index contributed by atoms with van der Waals surface area (Å²) in [6.07, 6.45) is 6.04. The third-order valence-corrected chi connectivity index (χ3v) is 5.48. The minimum absolute atomic E-state index is 0.179. The summed E-state index contributed by atoms with van der Waals surface area (Å²) in [6, 6.07) is -0.187. The summed E-state index contributed by atoms with van der Waals surface area (Å²) in [4.78, 5) is 26.1. The van der Waals surface area contributed by atoms with Crippen molar-refractivity contribution in [1.82, 2.24) is 15.5 Å². The number of nitrogens with one attached hydrogen (secondary N) is 2. The van der Waals surface area contributed by atoms with E-state index in [0.29, 0.717) is 19.1 Å². The SMILES string of the molecule is C[C@H]1CCCC[C@@H]1NC(=O)NC(=O)CN1CCC2(CC1)OCCO2. The summed E-state index contributed by atoms with van der Waals surface area (Å²) in [7, 11) is 0. The number of piperidine rings is 1. The maximum atomic E-state index is 12.1. The minimum atomic E-state index is -0.429. The lowest BCUT2D eigenvalue weighted by molar-refractivity contribution is -0.185. The van der Waals surface area contributed by atoms with Gasteiger partial charge in [-0.2, -0.15) is 0 Å². The molecule has 3 fully saturated rings. The van der Waals surface area contributed by atoms with Crippen molar-refractivity contribution in [2.24, 2.45) is 5.92 Å². The highest BCUT2D eigenvalue weighted by atomic mass is 16.7. The van der Waals surface area contributed by atoms with Gasteiger partial charge in [-0.05, 0) is 18.8 Å². The van der Waals surface area contributed by atoms with Gasteiger partial charge in [-0.25, -0.2) is 4.79 Å². The molecule has 2 aliphatic heterocycles. The fourth-order valence-electron chi connectivity index (χ4n) is 3.94. The number of amides is 3. The van der Waals surface area contributed by atoms with Crippen LogP contribution in [0.5, 0.6) is 0 Å². The predicted octanol–water partition coefficient (Wildman–Crippen LogP) is 1.23. The zero-order valence-corrected chi connectivity index (χ0v) is 14.5. The van der Waals surface area contributed by atoms with Crippen molar-refractivity contribution >= 4 is 11.9 Å². The Kier molecular flexibility index (Phi) is 5.73. The molecule has 0 unspecified atom stereocenters. The van der Waals surface area contributed by atoms with Crippen LogP contribution in [-0.4, -0.2) is 61.5 Å². The molecule has 7 heteroatoms. The molecule has 2 atom stereocenters. The van der Waals surface area contributed by atoms with Gasteiger partial charge in [0.25, 0.3) is 0 Å². The van der Waals surface area contributed by atoms with Crippen LogP contribution in [0.15, 0.2) is 0 Å². The topological polar surface area (TPSA) is 79.9 Å². The van der Waals surface area contributed by atoms with E-state index < -0.39 is 5.79 Å². The fraction of sp³-hybridized carbons (Fsp3) is 0.882. The van der Waals surface area contributed by atoms with Gasteiger partial charge in [-0.1, -0.05) is 19.8 Å². The molecule has 3 rings (SSSR count). The van der Waals surface area contributed by atoms with Crippen molar-refractivity contribution in [3.8, 4) is 0 Å². The summed E-state index contributed by atoms with van der Waals surface area (Å²) in [5.74, 6) is -0.203. The number of imide groups is 1. The van der Waals surface area contributed by atoms with Gasteiger partial charge >= 0.3 is 6.03 Å². The zero-order valence-electron chi connectivity index (χ0n) is 14.5. The molecule has 2 saturated heterocycles. The number of rotatable bonds is 3. The van der Waals surface area contributed by atoms with E-state index in [1.165, 1.54) is 6.42 Å². The Bertz CT molecular complexity index is 455. The van der Waals surface area contributed by atoms with E-state index in [2.05, 4.69) is 17.6 Å². The second-order valence-electron chi connectivity index (χ2n) is 7.27. The number of carbonyl (C=O) groups is 2. The molecule has 24 heavy (non-hydrogen) atoms. The molecule has 0 bridgehead atoms. The number of hydrogen-bond donors (Lipinski definition) is 2. The molecule has 0 aromatic rings. The first-order chi connectivity index (χ1) is 11.6.